The Balaban J connectivity index is 2.14. The molecule has 2 N–H and O–H groups in total. The summed E-state index contributed by atoms with van der Waals surface area (Å²) >= 11 is 0. The molecule has 0 aliphatic heterocycles. The second-order valence-electron chi connectivity index (χ2n) is 9.72. The van der Waals surface area contributed by atoms with E-state index < -0.39 is 5.41 Å². The molecule has 0 saturated carbocycles. The number of aliphatic hydroxyl groups excluding tert-OH is 2. The predicted octanol–water partition coefficient (Wildman–Crippen LogP) is 9.34. The first-order valence-electron chi connectivity index (χ1n) is 12.6. The van der Waals surface area contributed by atoms with E-state index in [1.807, 2.05) is 18.2 Å². The zero-order chi connectivity index (χ0) is 27.4. The van der Waals surface area contributed by atoms with Gasteiger partial charge in [-0.2, -0.15) is 0 Å². The second-order valence-corrected chi connectivity index (χ2v) is 9.72. The van der Waals surface area contributed by atoms with E-state index in [1.165, 1.54) is 22.3 Å². The molecule has 1 aliphatic carbocycles. The normalized spacial score (nSPS) is 14.5. The summed E-state index contributed by atoms with van der Waals surface area (Å²) in [6.45, 7) is 17.5. The van der Waals surface area contributed by atoms with Gasteiger partial charge in [-0.1, -0.05) is 98.6 Å². The lowest BCUT2D eigenvalue weighted by atomic mass is 9.66. The number of benzene rings is 3. The van der Waals surface area contributed by atoms with Gasteiger partial charge in [0.05, 0.1) is 5.41 Å². The molecular weight excluding hydrogens is 464 g/mol. The van der Waals surface area contributed by atoms with Crippen molar-refractivity contribution in [2.45, 2.75) is 26.2 Å². The minimum absolute atomic E-state index is 0.0153. The number of aryl methyl sites for hydroxylation is 2. The fourth-order valence-electron chi connectivity index (χ4n) is 5.39. The van der Waals surface area contributed by atoms with Gasteiger partial charge in [-0.05, 0) is 101 Å². The van der Waals surface area contributed by atoms with Gasteiger partial charge in [0.2, 0.25) is 0 Å². The van der Waals surface area contributed by atoms with Crippen LogP contribution in [0.25, 0.3) is 17.7 Å². The van der Waals surface area contributed by atoms with Crippen LogP contribution in [0.4, 0.5) is 0 Å². The highest BCUT2D eigenvalue weighted by molar-refractivity contribution is 5.87. The van der Waals surface area contributed by atoms with E-state index in [9.17, 15) is 10.2 Å². The molecule has 0 bridgehead atoms. The van der Waals surface area contributed by atoms with Crippen molar-refractivity contribution in [1.29, 1.82) is 0 Å². The number of aliphatic hydroxyl groups is 2. The van der Waals surface area contributed by atoms with E-state index in [2.05, 4.69) is 107 Å². The molecule has 3 aromatic rings. The molecule has 190 valence electrons. The monoisotopic (exact) mass is 498 g/mol. The minimum atomic E-state index is -0.598. The lowest BCUT2D eigenvalue weighted by Crippen LogP contribution is -2.29. The lowest BCUT2D eigenvalue weighted by molar-refractivity contribution is 0.435. The van der Waals surface area contributed by atoms with Gasteiger partial charge in [-0.15, -0.1) is 0 Å². The Hall–Kier alpha value is -4.56. The van der Waals surface area contributed by atoms with Crippen LogP contribution in [0, 0.1) is 13.8 Å². The summed E-state index contributed by atoms with van der Waals surface area (Å²) in [7, 11) is 0. The zero-order valence-electron chi connectivity index (χ0n) is 22.3. The fourth-order valence-corrected chi connectivity index (χ4v) is 5.39. The van der Waals surface area contributed by atoms with Crippen molar-refractivity contribution in [2.75, 3.05) is 0 Å². The van der Waals surface area contributed by atoms with E-state index in [0.29, 0.717) is 0 Å². The molecule has 38 heavy (non-hydrogen) atoms. The molecule has 2 nitrogen and oxygen atoms in total. The first-order chi connectivity index (χ1) is 18.2. The van der Waals surface area contributed by atoms with Crippen molar-refractivity contribution in [1.82, 2.24) is 0 Å². The van der Waals surface area contributed by atoms with Crippen LogP contribution in [0.3, 0.4) is 0 Å². The molecule has 3 aromatic carbocycles. The molecule has 1 aliphatic rings. The third-order valence-electron chi connectivity index (χ3n) is 7.28. The van der Waals surface area contributed by atoms with Crippen molar-refractivity contribution in [3.8, 4) is 0 Å². The molecule has 0 atom stereocenters. The quantitative estimate of drug-likeness (QED) is 0.240. The molecular formula is C36H34O2. The van der Waals surface area contributed by atoms with Crippen LogP contribution in [0.5, 0.6) is 0 Å². The first-order valence-corrected chi connectivity index (χ1v) is 12.6. The van der Waals surface area contributed by atoms with Gasteiger partial charge >= 0.3 is 0 Å². The van der Waals surface area contributed by atoms with E-state index >= 15 is 0 Å². The first kappa shape index (κ1) is 26.5. The number of hydrogen-bond acceptors (Lipinski definition) is 2. The molecule has 0 unspecified atom stereocenters. The summed E-state index contributed by atoms with van der Waals surface area (Å²) in [6.07, 6.45) is 13.0. The van der Waals surface area contributed by atoms with Crippen LogP contribution in [0.15, 0.2) is 128 Å². The predicted molar refractivity (Wildman–Crippen MR) is 162 cm³/mol. The molecule has 0 spiro atoms. The van der Waals surface area contributed by atoms with Gasteiger partial charge in [-0.25, -0.2) is 0 Å². The summed E-state index contributed by atoms with van der Waals surface area (Å²) in [5.41, 5.74) is 10.7. The fraction of sp³-hybridized carbons (Fsp3) is 0.111. The van der Waals surface area contributed by atoms with Crippen molar-refractivity contribution in [2.24, 2.45) is 0 Å². The van der Waals surface area contributed by atoms with Gasteiger partial charge in [0.1, 0.15) is 11.5 Å². The maximum absolute atomic E-state index is 9.73. The Morgan fingerprint density at radius 1 is 0.737 bits per heavy atom. The maximum Gasteiger partial charge on any atom is 0.108 e. The van der Waals surface area contributed by atoms with Crippen LogP contribution in [0.1, 0.15) is 51.4 Å². The second kappa shape index (κ2) is 10.8. The zero-order valence-corrected chi connectivity index (χ0v) is 22.3. The molecule has 0 radical (unpaired) electrons. The topological polar surface area (TPSA) is 40.5 Å². The van der Waals surface area contributed by atoms with Gasteiger partial charge < -0.3 is 10.2 Å². The average Bonchev–Trinajstić information content (AvgIpc) is 3.15. The minimum Gasteiger partial charge on any atom is -0.509 e. The van der Waals surface area contributed by atoms with Crippen molar-refractivity contribution in [3.05, 3.63) is 172 Å². The molecule has 0 heterocycles. The van der Waals surface area contributed by atoms with E-state index in [4.69, 9.17) is 0 Å². The Labute approximate surface area is 226 Å². The van der Waals surface area contributed by atoms with E-state index in [0.717, 1.165) is 33.4 Å². The van der Waals surface area contributed by atoms with E-state index in [1.54, 1.807) is 18.2 Å². The van der Waals surface area contributed by atoms with Gasteiger partial charge in [-0.3, -0.25) is 0 Å². The number of hydrogen-bond donors (Lipinski definition) is 2. The molecule has 0 amide bonds. The summed E-state index contributed by atoms with van der Waals surface area (Å²) in [4.78, 5) is 0. The standard InChI is InChI=1S/C36H34O2/c1-7-8-12-34-28(6)33-11-9-10-13-35(33)36(34,31-20-14-24(2)29(22-31)18-16-26(4)37)32-21-15-25(3)30(23-32)19-17-27(5)38/h7-23,37-38H,1,4-5H2,2-3,6H3/b12-8-,18-16-,19-17-. The molecule has 0 fully saturated rings. The Bertz CT molecular complexity index is 1480. The van der Waals surface area contributed by atoms with Crippen molar-refractivity contribution in [3.63, 3.8) is 0 Å². The Morgan fingerprint density at radius 3 is 1.76 bits per heavy atom. The maximum atomic E-state index is 9.73. The smallest absolute Gasteiger partial charge is 0.108 e. The Morgan fingerprint density at radius 2 is 1.26 bits per heavy atom. The molecule has 0 aromatic heterocycles. The summed E-state index contributed by atoms with van der Waals surface area (Å²) in [5.74, 6) is 0.0306. The van der Waals surface area contributed by atoms with Crippen LogP contribution in [-0.2, 0) is 5.41 Å². The number of allylic oxidation sites excluding steroid dienone is 7. The van der Waals surface area contributed by atoms with Gasteiger partial charge in [0.25, 0.3) is 0 Å². The van der Waals surface area contributed by atoms with Crippen LogP contribution >= 0.6 is 0 Å². The molecule has 0 saturated heterocycles. The molecule has 2 heteroatoms. The molecule has 4 rings (SSSR count). The third kappa shape index (κ3) is 4.73. The average molecular weight is 499 g/mol. The highest BCUT2D eigenvalue weighted by Crippen LogP contribution is 2.55. The van der Waals surface area contributed by atoms with Crippen LogP contribution in [0.2, 0.25) is 0 Å². The highest BCUT2D eigenvalue weighted by Gasteiger charge is 2.46. The largest absolute Gasteiger partial charge is 0.509 e. The lowest BCUT2D eigenvalue weighted by Gasteiger charge is -2.36. The number of fused-ring (bicyclic) bond motifs is 1. The van der Waals surface area contributed by atoms with Crippen molar-refractivity contribution >= 4 is 17.7 Å². The van der Waals surface area contributed by atoms with E-state index in [-0.39, 0.29) is 11.5 Å². The van der Waals surface area contributed by atoms with Gasteiger partial charge in [0, 0.05) is 0 Å². The summed E-state index contributed by atoms with van der Waals surface area (Å²) in [5, 5.41) is 19.5. The van der Waals surface area contributed by atoms with Gasteiger partial charge in [0.15, 0.2) is 0 Å². The van der Waals surface area contributed by atoms with Crippen LogP contribution in [-0.4, -0.2) is 10.2 Å². The van der Waals surface area contributed by atoms with Crippen molar-refractivity contribution < 1.29 is 10.2 Å². The third-order valence-corrected chi connectivity index (χ3v) is 7.28. The highest BCUT2D eigenvalue weighted by atomic mass is 16.3. The summed E-state index contributed by atoms with van der Waals surface area (Å²) in [6, 6.07) is 21.6. The SMILES string of the molecule is C=C/C=C\C1=C(C)c2ccccc2C1(c1ccc(C)c(/C=C\C(=C)O)c1)c1ccc(C)c(/C=C\C(=C)O)c1. The Kier molecular flexibility index (Phi) is 7.55. The van der Waals surface area contributed by atoms with Crippen LogP contribution < -0.4 is 0 Å². The number of rotatable bonds is 8. The summed E-state index contributed by atoms with van der Waals surface area (Å²) < 4.78 is 0.